The predicted molar refractivity (Wildman–Crippen MR) is 112 cm³/mol. The van der Waals surface area contributed by atoms with Crippen molar-refractivity contribution in [1.29, 1.82) is 0 Å². The van der Waals surface area contributed by atoms with E-state index in [-0.39, 0.29) is 21.8 Å². The molecule has 0 saturated heterocycles. The van der Waals surface area contributed by atoms with E-state index < -0.39 is 15.9 Å². The van der Waals surface area contributed by atoms with Gasteiger partial charge in [-0.2, -0.15) is 0 Å². The van der Waals surface area contributed by atoms with Crippen LogP contribution in [0.5, 0.6) is 5.75 Å². The highest BCUT2D eigenvalue weighted by Gasteiger charge is 2.28. The van der Waals surface area contributed by atoms with E-state index in [1.807, 2.05) is 0 Å². The first-order valence-electron chi connectivity index (χ1n) is 8.79. The zero-order chi connectivity index (χ0) is 21.9. The predicted octanol–water partition coefficient (Wildman–Crippen LogP) is 2.44. The van der Waals surface area contributed by atoms with Crippen LogP contribution >= 0.6 is 0 Å². The second kappa shape index (κ2) is 8.51. The van der Waals surface area contributed by atoms with Gasteiger partial charge in [0.2, 0.25) is 0 Å². The smallest absolute Gasteiger partial charge is 0.268 e. The first kappa shape index (κ1) is 21.3. The average molecular weight is 432 g/mol. The summed E-state index contributed by atoms with van der Waals surface area (Å²) in [6.45, 7) is 0.810. The largest absolute Gasteiger partial charge is 0.497 e. The number of aromatic nitrogens is 1. The summed E-state index contributed by atoms with van der Waals surface area (Å²) in [7, 11) is -1.29. The lowest BCUT2D eigenvalue weighted by molar-refractivity contribution is 0.0995. The Morgan fingerprint density at radius 2 is 1.87 bits per heavy atom. The first-order chi connectivity index (χ1) is 14.3. The number of hydrogen-bond acceptors (Lipinski definition) is 8. The van der Waals surface area contributed by atoms with Gasteiger partial charge in [0, 0.05) is 24.7 Å². The first-order valence-corrected chi connectivity index (χ1v) is 10.2. The number of primary amides is 1. The highest BCUT2D eigenvalue weighted by molar-refractivity contribution is 7.90. The molecule has 30 heavy (non-hydrogen) atoms. The van der Waals surface area contributed by atoms with E-state index in [0.29, 0.717) is 30.0 Å². The van der Waals surface area contributed by atoms with Crippen molar-refractivity contribution in [2.24, 2.45) is 10.9 Å². The molecular formula is C19H20N4O6S. The summed E-state index contributed by atoms with van der Waals surface area (Å²) in [6, 6.07) is 9.87. The van der Waals surface area contributed by atoms with Gasteiger partial charge in [0.05, 0.1) is 24.1 Å². The normalized spacial score (nSPS) is 11.4. The third-order valence-electron chi connectivity index (χ3n) is 4.47. The summed E-state index contributed by atoms with van der Waals surface area (Å²) in [5.74, 6) is -0.510. The minimum Gasteiger partial charge on any atom is -0.497 e. The van der Waals surface area contributed by atoms with Gasteiger partial charge >= 0.3 is 0 Å². The summed E-state index contributed by atoms with van der Waals surface area (Å²) < 4.78 is 37.6. The van der Waals surface area contributed by atoms with E-state index in [1.54, 1.807) is 13.2 Å². The molecule has 3 aromatic rings. The molecule has 0 atom stereocenters. The maximum atomic E-state index is 13.4. The number of nitrogens with two attached hydrogens (primary N) is 1. The number of nitrogens with zero attached hydrogens (tertiary/aromatic N) is 2. The van der Waals surface area contributed by atoms with Crippen molar-refractivity contribution < 1.29 is 22.7 Å². The Morgan fingerprint density at radius 3 is 2.43 bits per heavy atom. The van der Waals surface area contributed by atoms with Crippen LogP contribution in [0.25, 0.3) is 10.9 Å². The number of rotatable bonds is 9. The van der Waals surface area contributed by atoms with Crippen LogP contribution in [0.3, 0.4) is 0 Å². The Morgan fingerprint density at radius 1 is 1.17 bits per heavy atom. The molecule has 3 N–H and O–H groups in total. The number of carbonyl (C=O) groups excluding carboxylic acids is 1. The SMILES string of the molecule is COCCNc1ccc(N=O)c2c1cc(C(N)=O)n2S(=O)(=O)c1ccc(OC)cc1. The van der Waals surface area contributed by atoms with Gasteiger partial charge in [-0.05, 0) is 47.6 Å². The zero-order valence-corrected chi connectivity index (χ0v) is 17.1. The van der Waals surface area contributed by atoms with Crippen LogP contribution in [0.1, 0.15) is 10.5 Å². The molecule has 0 aliphatic rings. The molecule has 1 aromatic heterocycles. The molecule has 0 bridgehead atoms. The fourth-order valence-corrected chi connectivity index (χ4v) is 4.59. The highest BCUT2D eigenvalue weighted by atomic mass is 32.2. The number of carbonyl (C=O) groups is 1. The minimum absolute atomic E-state index is 0.0444. The number of amides is 1. The molecule has 0 radical (unpaired) electrons. The fourth-order valence-electron chi connectivity index (χ4n) is 3.06. The molecule has 0 fully saturated rings. The van der Waals surface area contributed by atoms with Crippen LogP contribution in [0.15, 0.2) is 52.5 Å². The lowest BCUT2D eigenvalue weighted by atomic mass is 10.2. The standard InChI is InChI=1S/C19H20N4O6S/c1-28-10-9-21-15-7-8-16(22-25)18-14(15)11-17(19(20)24)23(18)30(26,27)13-5-3-12(29-2)4-6-13/h3-8,11,21H,9-10H2,1-2H3,(H2,20,24). The van der Waals surface area contributed by atoms with Gasteiger partial charge in [0.25, 0.3) is 15.9 Å². The number of benzene rings is 2. The van der Waals surface area contributed by atoms with Crippen molar-refractivity contribution in [3.8, 4) is 5.75 Å². The van der Waals surface area contributed by atoms with E-state index in [1.165, 1.54) is 43.5 Å². The van der Waals surface area contributed by atoms with E-state index in [0.717, 1.165) is 3.97 Å². The molecule has 0 aliphatic carbocycles. The molecule has 1 amide bonds. The topological polar surface area (TPSA) is 142 Å². The number of hydrogen-bond donors (Lipinski definition) is 2. The van der Waals surface area contributed by atoms with Gasteiger partial charge in [0.15, 0.2) is 0 Å². The molecule has 0 aliphatic heterocycles. The number of nitroso groups, excluding NO2 is 1. The quantitative estimate of drug-likeness (QED) is 0.390. The second-order valence-electron chi connectivity index (χ2n) is 6.24. The summed E-state index contributed by atoms with van der Waals surface area (Å²) >= 11 is 0. The monoisotopic (exact) mass is 432 g/mol. The third kappa shape index (κ3) is 3.72. The fraction of sp³-hybridized carbons (Fsp3) is 0.211. The lowest BCUT2D eigenvalue weighted by Gasteiger charge is -2.13. The Hall–Kier alpha value is -3.44. The molecule has 158 valence electrons. The maximum absolute atomic E-state index is 13.4. The molecular weight excluding hydrogens is 412 g/mol. The van der Waals surface area contributed by atoms with Crippen LogP contribution in [0, 0.1) is 4.91 Å². The Balaban J connectivity index is 2.31. The summed E-state index contributed by atoms with van der Waals surface area (Å²) in [4.78, 5) is 23.4. The average Bonchev–Trinajstić information content (AvgIpc) is 3.16. The van der Waals surface area contributed by atoms with Crippen LogP contribution in [0.4, 0.5) is 11.4 Å². The number of nitrogens with one attached hydrogen (secondary N) is 1. The molecule has 1 heterocycles. The maximum Gasteiger partial charge on any atom is 0.268 e. The summed E-state index contributed by atoms with van der Waals surface area (Å²) in [5, 5.41) is 6.34. The van der Waals surface area contributed by atoms with Crippen molar-refractivity contribution >= 4 is 38.2 Å². The van der Waals surface area contributed by atoms with Gasteiger partial charge in [0.1, 0.15) is 17.1 Å². The van der Waals surface area contributed by atoms with E-state index in [9.17, 15) is 18.1 Å². The molecule has 2 aromatic carbocycles. The van der Waals surface area contributed by atoms with Crippen molar-refractivity contribution in [2.75, 3.05) is 32.7 Å². The van der Waals surface area contributed by atoms with Gasteiger partial charge in [-0.3, -0.25) is 4.79 Å². The molecule has 0 unspecified atom stereocenters. The highest BCUT2D eigenvalue weighted by Crippen LogP contribution is 2.37. The molecule has 3 rings (SSSR count). The van der Waals surface area contributed by atoms with Crippen LogP contribution in [-0.2, 0) is 14.8 Å². The van der Waals surface area contributed by atoms with Gasteiger partial charge in [-0.15, -0.1) is 4.91 Å². The van der Waals surface area contributed by atoms with Gasteiger partial charge < -0.3 is 20.5 Å². The lowest BCUT2D eigenvalue weighted by Crippen LogP contribution is -2.22. The van der Waals surface area contributed by atoms with Crippen LogP contribution in [0.2, 0.25) is 0 Å². The zero-order valence-electron chi connectivity index (χ0n) is 16.3. The Kier molecular flexibility index (Phi) is 6.04. The molecule has 11 heteroatoms. The molecule has 0 spiro atoms. The van der Waals surface area contributed by atoms with Crippen molar-refractivity contribution in [2.45, 2.75) is 4.90 Å². The van der Waals surface area contributed by atoms with Crippen molar-refractivity contribution in [3.05, 3.63) is 53.1 Å². The number of fused-ring (bicyclic) bond motifs is 1. The van der Waals surface area contributed by atoms with Crippen molar-refractivity contribution in [1.82, 2.24) is 3.97 Å². The Labute approximate surface area is 172 Å². The number of ether oxygens (including phenoxy) is 2. The molecule has 10 nitrogen and oxygen atoms in total. The second-order valence-corrected chi connectivity index (χ2v) is 8.03. The van der Waals surface area contributed by atoms with Crippen molar-refractivity contribution in [3.63, 3.8) is 0 Å². The molecule has 0 saturated carbocycles. The van der Waals surface area contributed by atoms with E-state index >= 15 is 0 Å². The van der Waals surface area contributed by atoms with Gasteiger partial charge in [-0.25, -0.2) is 12.4 Å². The van der Waals surface area contributed by atoms with Crippen LogP contribution < -0.4 is 15.8 Å². The third-order valence-corrected chi connectivity index (χ3v) is 6.20. The Bertz CT molecular complexity index is 1200. The minimum atomic E-state index is -4.29. The van der Waals surface area contributed by atoms with E-state index in [2.05, 4.69) is 10.5 Å². The van der Waals surface area contributed by atoms with E-state index in [4.69, 9.17) is 15.2 Å². The van der Waals surface area contributed by atoms with Crippen LogP contribution in [-0.4, -0.2) is 45.7 Å². The summed E-state index contributed by atoms with van der Waals surface area (Å²) in [5.41, 5.74) is 5.48. The number of anilines is 1. The summed E-state index contributed by atoms with van der Waals surface area (Å²) in [6.07, 6.45) is 0. The number of methoxy groups -OCH3 is 2. The van der Waals surface area contributed by atoms with Gasteiger partial charge in [-0.1, -0.05) is 0 Å².